The van der Waals surface area contributed by atoms with E-state index in [1.807, 2.05) is 60.4 Å². The van der Waals surface area contributed by atoms with E-state index in [0.717, 1.165) is 22.6 Å². The number of methoxy groups -OCH3 is 2. The number of carbonyl (C=O) groups is 2. The molecular weight excluding hydrogens is 406 g/mol. The molecule has 0 radical (unpaired) electrons. The maximum absolute atomic E-state index is 12.9. The molecule has 2 aromatic rings. The fourth-order valence-electron chi connectivity index (χ4n) is 4.11. The molecule has 0 bridgehead atoms. The van der Waals surface area contributed by atoms with Crippen LogP contribution < -0.4 is 15.4 Å². The number of rotatable bonds is 9. The number of ether oxygens (including phenoxy) is 2. The van der Waals surface area contributed by atoms with Crippen LogP contribution in [0.2, 0.25) is 0 Å². The predicted octanol–water partition coefficient (Wildman–Crippen LogP) is 3.77. The smallest absolute Gasteiger partial charge is 0.319 e. The molecule has 1 aliphatic rings. The van der Waals surface area contributed by atoms with Gasteiger partial charge in [0.1, 0.15) is 5.75 Å². The van der Waals surface area contributed by atoms with Gasteiger partial charge in [0.2, 0.25) is 5.91 Å². The first kappa shape index (κ1) is 23.6. The highest BCUT2D eigenvalue weighted by Gasteiger charge is 2.40. The average molecular weight is 440 g/mol. The van der Waals surface area contributed by atoms with E-state index in [1.165, 1.54) is 0 Å². The van der Waals surface area contributed by atoms with Crippen molar-refractivity contribution in [1.82, 2.24) is 10.2 Å². The van der Waals surface area contributed by atoms with Crippen molar-refractivity contribution in [3.8, 4) is 5.75 Å². The highest BCUT2D eigenvalue weighted by Crippen LogP contribution is 2.26. The second-order valence-electron chi connectivity index (χ2n) is 8.39. The molecule has 0 aliphatic carbocycles. The van der Waals surface area contributed by atoms with Crippen molar-refractivity contribution in [2.24, 2.45) is 0 Å². The molecule has 7 nitrogen and oxygen atoms in total. The lowest BCUT2D eigenvalue weighted by molar-refractivity contribution is -0.130. The summed E-state index contributed by atoms with van der Waals surface area (Å²) in [6.07, 6.45) is 2.41. The molecule has 0 saturated carbocycles. The van der Waals surface area contributed by atoms with Gasteiger partial charge in [-0.1, -0.05) is 24.3 Å². The van der Waals surface area contributed by atoms with Crippen molar-refractivity contribution in [2.45, 2.75) is 38.1 Å². The second kappa shape index (κ2) is 11.0. The molecule has 1 unspecified atom stereocenters. The molecule has 1 heterocycles. The number of hydrogen-bond donors (Lipinski definition) is 2. The zero-order chi connectivity index (χ0) is 23.0. The summed E-state index contributed by atoms with van der Waals surface area (Å²) >= 11 is 0. The maximum Gasteiger partial charge on any atom is 0.319 e. The standard InChI is InChI=1S/C25H33N3O4/c1-19-6-4-8-21(16-19)26-24(30)27-25(13-15-31-2)12-14-28(18-25)23(29)11-10-20-7-5-9-22(17-20)32-3/h4-9,16-17H,10-15,18H2,1-3H3,(H2,26,27,30). The molecule has 1 atom stereocenters. The van der Waals surface area contributed by atoms with Crippen molar-refractivity contribution >= 4 is 17.6 Å². The lowest BCUT2D eigenvalue weighted by atomic mass is 9.94. The number of amides is 3. The summed E-state index contributed by atoms with van der Waals surface area (Å²) in [5.74, 6) is 0.881. The summed E-state index contributed by atoms with van der Waals surface area (Å²) in [5.41, 5.74) is 2.38. The van der Waals surface area contributed by atoms with Crippen molar-refractivity contribution in [2.75, 3.05) is 39.2 Å². The molecule has 3 rings (SSSR count). The average Bonchev–Trinajstić information content (AvgIpc) is 3.20. The molecule has 32 heavy (non-hydrogen) atoms. The Morgan fingerprint density at radius 3 is 2.69 bits per heavy atom. The third-order valence-corrected chi connectivity index (χ3v) is 5.91. The van der Waals surface area contributed by atoms with Gasteiger partial charge >= 0.3 is 6.03 Å². The van der Waals surface area contributed by atoms with E-state index in [4.69, 9.17) is 9.47 Å². The number of nitrogens with zero attached hydrogens (tertiary/aromatic N) is 1. The first-order chi connectivity index (χ1) is 15.4. The number of benzene rings is 2. The number of urea groups is 1. The minimum Gasteiger partial charge on any atom is -0.497 e. The summed E-state index contributed by atoms with van der Waals surface area (Å²) in [7, 11) is 3.28. The molecule has 0 aromatic heterocycles. The summed E-state index contributed by atoms with van der Waals surface area (Å²) in [6, 6.07) is 15.2. The first-order valence-corrected chi connectivity index (χ1v) is 11.0. The van der Waals surface area contributed by atoms with Crippen LogP contribution in [0.4, 0.5) is 10.5 Å². The lowest BCUT2D eigenvalue weighted by Gasteiger charge is -2.30. The van der Waals surface area contributed by atoms with E-state index < -0.39 is 5.54 Å². The van der Waals surface area contributed by atoms with Gasteiger partial charge in [0.15, 0.2) is 0 Å². The number of anilines is 1. The summed E-state index contributed by atoms with van der Waals surface area (Å²) in [4.78, 5) is 27.5. The Labute approximate surface area is 190 Å². The van der Waals surface area contributed by atoms with Gasteiger partial charge in [0.25, 0.3) is 0 Å². The third kappa shape index (κ3) is 6.47. The Hall–Kier alpha value is -3.06. The van der Waals surface area contributed by atoms with Gasteiger partial charge in [0, 0.05) is 38.9 Å². The molecule has 1 fully saturated rings. The monoisotopic (exact) mass is 439 g/mol. The zero-order valence-electron chi connectivity index (χ0n) is 19.1. The number of carbonyl (C=O) groups excluding carboxylic acids is 2. The number of hydrogen-bond acceptors (Lipinski definition) is 4. The Morgan fingerprint density at radius 1 is 1.12 bits per heavy atom. The Balaban J connectivity index is 1.59. The fraction of sp³-hybridized carbons (Fsp3) is 0.440. The molecular formula is C25H33N3O4. The fourth-order valence-corrected chi connectivity index (χ4v) is 4.11. The lowest BCUT2D eigenvalue weighted by Crippen LogP contribution is -2.53. The first-order valence-electron chi connectivity index (χ1n) is 11.0. The van der Waals surface area contributed by atoms with E-state index in [-0.39, 0.29) is 11.9 Å². The van der Waals surface area contributed by atoms with Gasteiger partial charge in [-0.3, -0.25) is 4.79 Å². The molecule has 7 heteroatoms. The Morgan fingerprint density at radius 2 is 1.94 bits per heavy atom. The van der Waals surface area contributed by atoms with Gasteiger partial charge in [-0.2, -0.15) is 0 Å². The highest BCUT2D eigenvalue weighted by molar-refractivity contribution is 5.90. The number of likely N-dealkylation sites (tertiary alicyclic amines) is 1. The van der Waals surface area contributed by atoms with E-state index in [2.05, 4.69) is 10.6 Å². The van der Waals surface area contributed by atoms with Crippen molar-refractivity contribution in [1.29, 1.82) is 0 Å². The maximum atomic E-state index is 12.9. The van der Waals surface area contributed by atoms with E-state index in [0.29, 0.717) is 45.4 Å². The number of aryl methyl sites for hydroxylation is 2. The normalized spacial score (nSPS) is 17.8. The molecule has 3 amide bonds. The van der Waals surface area contributed by atoms with E-state index in [1.54, 1.807) is 14.2 Å². The Bertz CT molecular complexity index is 933. The van der Waals surface area contributed by atoms with E-state index >= 15 is 0 Å². The van der Waals surface area contributed by atoms with Crippen LogP contribution in [0, 0.1) is 6.92 Å². The van der Waals surface area contributed by atoms with Crippen molar-refractivity contribution in [3.63, 3.8) is 0 Å². The van der Waals surface area contributed by atoms with Crippen LogP contribution in [-0.4, -0.2) is 56.3 Å². The van der Waals surface area contributed by atoms with Crippen LogP contribution in [-0.2, 0) is 16.0 Å². The highest BCUT2D eigenvalue weighted by atomic mass is 16.5. The van der Waals surface area contributed by atoms with E-state index in [9.17, 15) is 9.59 Å². The van der Waals surface area contributed by atoms with Gasteiger partial charge in [-0.05, 0) is 61.6 Å². The quantitative estimate of drug-likeness (QED) is 0.623. The molecule has 2 N–H and O–H groups in total. The van der Waals surface area contributed by atoms with Gasteiger partial charge in [-0.25, -0.2) is 4.79 Å². The Kier molecular flexibility index (Phi) is 8.11. The predicted molar refractivity (Wildman–Crippen MR) is 125 cm³/mol. The minimum atomic E-state index is -0.504. The summed E-state index contributed by atoms with van der Waals surface area (Å²) in [6.45, 7) is 3.59. The van der Waals surface area contributed by atoms with Crippen molar-refractivity contribution < 1.29 is 19.1 Å². The SMILES string of the molecule is COCCC1(NC(=O)Nc2cccc(C)c2)CCN(C(=O)CCc2cccc(OC)c2)C1. The van der Waals surface area contributed by atoms with Crippen LogP contribution in [0.25, 0.3) is 0 Å². The summed E-state index contributed by atoms with van der Waals surface area (Å²) in [5, 5.41) is 6.03. The summed E-state index contributed by atoms with van der Waals surface area (Å²) < 4.78 is 10.5. The van der Waals surface area contributed by atoms with Gasteiger partial charge in [-0.15, -0.1) is 0 Å². The van der Waals surface area contributed by atoms with Gasteiger partial charge < -0.3 is 25.0 Å². The van der Waals surface area contributed by atoms with Crippen LogP contribution in [0.15, 0.2) is 48.5 Å². The number of nitrogens with one attached hydrogen (secondary N) is 2. The van der Waals surface area contributed by atoms with Crippen LogP contribution in [0.1, 0.15) is 30.4 Å². The largest absolute Gasteiger partial charge is 0.497 e. The van der Waals surface area contributed by atoms with Crippen LogP contribution >= 0.6 is 0 Å². The van der Waals surface area contributed by atoms with Gasteiger partial charge in [0.05, 0.1) is 12.6 Å². The molecule has 1 aliphatic heterocycles. The van der Waals surface area contributed by atoms with Crippen molar-refractivity contribution in [3.05, 3.63) is 59.7 Å². The minimum absolute atomic E-state index is 0.0907. The van der Waals surface area contributed by atoms with Crippen LogP contribution in [0.3, 0.4) is 0 Å². The molecule has 172 valence electrons. The molecule has 2 aromatic carbocycles. The molecule has 0 spiro atoms. The van der Waals surface area contributed by atoms with Crippen LogP contribution in [0.5, 0.6) is 5.75 Å². The topological polar surface area (TPSA) is 79.9 Å². The zero-order valence-corrected chi connectivity index (χ0v) is 19.1. The second-order valence-corrected chi connectivity index (χ2v) is 8.39. The molecule has 1 saturated heterocycles. The third-order valence-electron chi connectivity index (χ3n) is 5.91.